The fraction of sp³-hybridized carbons (Fsp3) is 0.310. The van der Waals surface area contributed by atoms with Gasteiger partial charge in [0.15, 0.2) is 0 Å². The number of ether oxygens (including phenoxy) is 2. The summed E-state index contributed by atoms with van der Waals surface area (Å²) >= 11 is 6.28. The summed E-state index contributed by atoms with van der Waals surface area (Å²) in [6, 6.07) is 22.8. The number of carbonyl (C=O) groups is 2. The molecule has 0 fully saturated rings. The highest BCUT2D eigenvalue weighted by molar-refractivity contribution is 6.33. The molecule has 7 nitrogen and oxygen atoms in total. The molecule has 0 spiro atoms. The Hall–Kier alpha value is -3.55. The molecule has 1 atom stereocenters. The Labute approximate surface area is 222 Å². The lowest BCUT2D eigenvalue weighted by Gasteiger charge is -2.29. The maximum absolute atomic E-state index is 12.7. The van der Waals surface area contributed by atoms with E-state index >= 15 is 0 Å². The van der Waals surface area contributed by atoms with Crippen LogP contribution < -0.4 is 15.4 Å². The summed E-state index contributed by atoms with van der Waals surface area (Å²) in [7, 11) is 0. The van der Waals surface area contributed by atoms with Gasteiger partial charge < -0.3 is 25.2 Å². The number of carbonyl (C=O) groups excluding carboxylic acids is 2. The highest BCUT2D eigenvalue weighted by Crippen LogP contribution is 2.27. The van der Waals surface area contributed by atoms with Crippen LogP contribution in [0.3, 0.4) is 0 Å². The number of amides is 2. The summed E-state index contributed by atoms with van der Waals surface area (Å²) in [5.41, 5.74) is 1.41. The molecule has 0 aliphatic heterocycles. The van der Waals surface area contributed by atoms with Crippen molar-refractivity contribution < 1.29 is 24.2 Å². The summed E-state index contributed by atoms with van der Waals surface area (Å²) in [4.78, 5) is 24.8. The zero-order chi connectivity index (χ0) is 27.1. The first-order valence-electron chi connectivity index (χ1n) is 12.0. The van der Waals surface area contributed by atoms with E-state index in [0.717, 1.165) is 28.1 Å². The molecule has 2 amide bonds. The molecule has 196 valence electrons. The second kappa shape index (κ2) is 12.1. The summed E-state index contributed by atoms with van der Waals surface area (Å²) in [5, 5.41) is 15.6. The van der Waals surface area contributed by atoms with Gasteiger partial charge in [0, 0.05) is 22.7 Å². The lowest BCUT2D eigenvalue weighted by Crippen LogP contribution is -2.58. The summed E-state index contributed by atoms with van der Waals surface area (Å²) < 4.78 is 11.0. The van der Waals surface area contributed by atoms with Crippen molar-refractivity contribution in [1.82, 2.24) is 5.32 Å². The van der Waals surface area contributed by atoms with Gasteiger partial charge in [-0.3, -0.25) is 4.79 Å². The minimum atomic E-state index is -1.56. The third-order valence-corrected chi connectivity index (χ3v) is 5.83. The molecular formula is C29H33ClN2O5. The second-order valence-corrected chi connectivity index (χ2v) is 10.3. The second-order valence-electron chi connectivity index (χ2n) is 9.87. The molecular weight excluding hydrogens is 492 g/mol. The number of aliphatic hydroxyl groups excluding tert-OH is 1. The van der Waals surface area contributed by atoms with Gasteiger partial charge in [0.25, 0.3) is 5.91 Å². The predicted octanol–water partition coefficient (Wildman–Crippen LogP) is 5.84. The number of anilines is 1. The summed E-state index contributed by atoms with van der Waals surface area (Å²) in [6.07, 6.45) is -0.0617. The molecule has 0 aliphatic carbocycles. The molecule has 0 saturated heterocycles. The van der Waals surface area contributed by atoms with Gasteiger partial charge in [-0.15, -0.1) is 0 Å². The van der Waals surface area contributed by atoms with Crippen molar-refractivity contribution in [3.63, 3.8) is 0 Å². The molecule has 0 bridgehead atoms. The van der Waals surface area contributed by atoms with Crippen LogP contribution in [0.4, 0.5) is 10.5 Å². The van der Waals surface area contributed by atoms with Crippen molar-refractivity contribution >= 4 is 29.3 Å². The van der Waals surface area contributed by atoms with Crippen LogP contribution in [0.1, 0.15) is 33.3 Å². The Bertz CT molecular complexity index is 1210. The van der Waals surface area contributed by atoms with E-state index in [1.807, 2.05) is 36.4 Å². The molecule has 8 heteroatoms. The van der Waals surface area contributed by atoms with Gasteiger partial charge in [-0.25, -0.2) is 4.79 Å². The predicted molar refractivity (Wildman–Crippen MR) is 146 cm³/mol. The van der Waals surface area contributed by atoms with Gasteiger partial charge in [-0.2, -0.15) is 0 Å². The van der Waals surface area contributed by atoms with Crippen molar-refractivity contribution in [3.05, 3.63) is 83.4 Å². The van der Waals surface area contributed by atoms with Gasteiger partial charge >= 0.3 is 6.09 Å². The van der Waals surface area contributed by atoms with Crippen LogP contribution in [-0.2, 0) is 16.0 Å². The van der Waals surface area contributed by atoms with E-state index in [9.17, 15) is 14.7 Å². The Balaban J connectivity index is 1.50. The van der Waals surface area contributed by atoms with E-state index in [1.54, 1.807) is 45.0 Å². The fourth-order valence-corrected chi connectivity index (χ4v) is 3.68. The van der Waals surface area contributed by atoms with E-state index in [4.69, 9.17) is 21.1 Å². The molecule has 3 aromatic rings. The van der Waals surface area contributed by atoms with Crippen LogP contribution in [0.15, 0.2) is 72.8 Å². The first-order chi connectivity index (χ1) is 17.5. The molecule has 0 saturated carbocycles. The molecule has 0 radical (unpaired) electrons. The van der Waals surface area contributed by atoms with Crippen molar-refractivity contribution in [2.45, 2.75) is 45.3 Å². The smallest absolute Gasteiger partial charge is 0.408 e. The molecule has 0 aromatic heterocycles. The van der Waals surface area contributed by atoms with Crippen LogP contribution in [-0.4, -0.2) is 41.5 Å². The van der Waals surface area contributed by atoms with E-state index in [0.29, 0.717) is 18.0 Å². The van der Waals surface area contributed by atoms with Crippen LogP contribution in [0.2, 0.25) is 5.02 Å². The lowest BCUT2D eigenvalue weighted by molar-refractivity contribution is -0.123. The van der Waals surface area contributed by atoms with Gasteiger partial charge in [-0.1, -0.05) is 54.1 Å². The average molecular weight is 525 g/mol. The first-order valence-corrected chi connectivity index (χ1v) is 12.4. The summed E-state index contributed by atoms with van der Waals surface area (Å²) in [6.45, 7) is 6.45. The number of halogens is 1. The number of nitrogens with one attached hydrogen (secondary N) is 2. The number of aliphatic hydroxyl groups is 1. The molecule has 1 unspecified atom stereocenters. The zero-order valence-electron chi connectivity index (χ0n) is 21.5. The van der Waals surface area contributed by atoms with Crippen molar-refractivity contribution in [2.24, 2.45) is 0 Å². The van der Waals surface area contributed by atoms with Crippen LogP contribution in [0, 0.1) is 0 Å². The molecule has 0 heterocycles. The van der Waals surface area contributed by atoms with Gasteiger partial charge in [0.05, 0.1) is 13.2 Å². The minimum Gasteiger partial charge on any atom is -0.493 e. The zero-order valence-corrected chi connectivity index (χ0v) is 22.3. The molecule has 3 aromatic carbocycles. The monoisotopic (exact) mass is 524 g/mol. The molecule has 3 N–H and O–H groups in total. The molecule has 37 heavy (non-hydrogen) atoms. The standard InChI is InChI=1S/C29H33ClN2O5/c1-28(2,3)37-27(35)32-29(4,19-33)26(34)31-22-13-15-23(16-14-22)36-18-17-20-9-11-21(12-10-20)24-7-5-6-8-25(24)30/h5-16,33H,17-19H2,1-4H3,(H,31,34)(H,32,35). The van der Waals surface area contributed by atoms with Crippen molar-refractivity contribution in [1.29, 1.82) is 0 Å². The number of hydrogen-bond donors (Lipinski definition) is 3. The van der Waals surface area contributed by atoms with Crippen LogP contribution in [0.5, 0.6) is 5.75 Å². The lowest BCUT2D eigenvalue weighted by atomic mass is 10.0. The highest BCUT2D eigenvalue weighted by atomic mass is 35.5. The maximum Gasteiger partial charge on any atom is 0.408 e. The third kappa shape index (κ3) is 8.23. The Morgan fingerprint density at radius 3 is 2.16 bits per heavy atom. The number of rotatable bonds is 9. The van der Waals surface area contributed by atoms with Gasteiger partial charge in [-0.05, 0) is 69.2 Å². The topological polar surface area (TPSA) is 96.9 Å². The molecule has 0 aliphatic rings. The Kier molecular flexibility index (Phi) is 9.18. The van der Waals surface area contributed by atoms with Gasteiger partial charge in [0.1, 0.15) is 16.9 Å². The number of hydrogen-bond acceptors (Lipinski definition) is 5. The fourth-order valence-electron chi connectivity index (χ4n) is 3.43. The number of benzene rings is 3. The van der Waals surface area contributed by atoms with Gasteiger partial charge in [0.2, 0.25) is 0 Å². The number of alkyl carbamates (subject to hydrolysis) is 1. The molecule has 3 rings (SSSR count). The summed E-state index contributed by atoms with van der Waals surface area (Å²) in [5.74, 6) is 0.0808. The van der Waals surface area contributed by atoms with E-state index in [-0.39, 0.29) is 0 Å². The normalized spacial score (nSPS) is 12.8. The highest BCUT2D eigenvalue weighted by Gasteiger charge is 2.36. The Morgan fingerprint density at radius 2 is 1.57 bits per heavy atom. The quantitative estimate of drug-likeness (QED) is 0.326. The van der Waals surface area contributed by atoms with E-state index in [2.05, 4.69) is 22.8 Å². The minimum absolute atomic E-state index is 0.486. The maximum atomic E-state index is 12.7. The SMILES string of the molecule is CC(C)(C)OC(=O)NC(C)(CO)C(=O)Nc1ccc(OCCc2ccc(-c3ccccc3Cl)cc2)cc1. The van der Waals surface area contributed by atoms with E-state index < -0.39 is 29.7 Å². The first kappa shape index (κ1) is 28.0. The Morgan fingerprint density at radius 1 is 0.919 bits per heavy atom. The largest absolute Gasteiger partial charge is 0.493 e. The average Bonchev–Trinajstić information content (AvgIpc) is 2.84. The van der Waals surface area contributed by atoms with Crippen molar-refractivity contribution in [3.8, 4) is 16.9 Å². The van der Waals surface area contributed by atoms with E-state index in [1.165, 1.54) is 6.92 Å². The van der Waals surface area contributed by atoms with Crippen molar-refractivity contribution in [2.75, 3.05) is 18.5 Å². The third-order valence-electron chi connectivity index (χ3n) is 5.50. The van der Waals surface area contributed by atoms with Crippen LogP contribution in [0.25, 0.3) is 11.1 Å². The van der Waals surface area contributed by atoms with Crippen LogP contribution >= 0.6 is 11.6 Å².